The number of benzene rings is 1. The third-order valence-corrected chi connectivity index (χ3v) is 1.36. The lowest BCUT2D eigenvalue weighted by Crippen LogP contribution is -2.03. The zero-order valence-corrected chi connectivity index (χ0v) is 7.20. The maximum absolute atomic E-state index is 12.5. The SMILES string of the molecule is Cl.NCCc1cc(F)cc(F)c1. The van der Waals surface area contributed by atoms with E-state index in [0.717, 1.165) is 6.07 Å². The van der Waals surface area contributed by atoms with E-state index in [4.69, 9.17) is 5.73 Å². The van der Waals surface area contributed by atoms with E-state index in [1.54, 1.807) is 0 Å². The summed E-state index contributed by atoms with van der Waals surface area (Å²) in [6.07, 6.45) is 0.509. The Morgan fingerprint density at radius 3 is 2.00 bits per heavy atom. The van der Waals surface area contributed by atoms with Crippen LogP contribution < -0.4 is 5.73 Å². The van der Waals surface area contributed by atoms with Gasteiger partial charge in [-0.25, -0.2) is 8.78 Å². The van der Waals surface area contributed by atoms with E-state index in [9.17, 15) is 8.78 Å². The van der Waals surface area contributed by atoms with Crippen molar-refractivity contribution in [3.05, 3.63) is 35.4 Å². The molecular formula is C8H10ClF2N. The lowest BCUT2D eigenvalue weighted by Gasteiger charge is -1.98. The molecule has 1 rings (SSSR count). The highest BCUT2D eigenvalue weighted by Crippen LogP contribution is 2.07. The molecule has 0 spiro atoms. The van der Waals surface area contributed by atoms with Gasteiger partial charge in [0, 0.05) is 6.07 Å². The average molecular weight is 194 g/mol. The molecule has 0 amide bonds. The van der Waals surface area contributed by atoms with Crippen molar-refractivity contribution in [1.82, 2.24) is 0 Å². The zero-order valence-electron chi connectivity index (χ0n) is 6.39. The van der Waals surface area contributed by atoms with Gasteiger partial charge < -0.3 is 5.73 Å². The minimum atomic E-state index is -0.548. The molecule has 2 N–H and O–H groups in total. The van der Waals surface area contributed by atoms with E-state index in [2.05, 4.69) is 0 Å². The van der Waals surface area contributed by atoms with Gasteiger partial charge >= 0.3 is 0 Å². The van der Waals surface area contributed by atoms with Gasteiger partial charge in [0.2, 0.25) is 0 Å². The number of hydrogen-bond donors (Lipinski definition) is 1. The van der Waals surface area contributed by atoms with E-state index < -0.39 is 11.6 Å². The van der Waals surface area contributed by atoms with Crippen molar-refractivity contribution < 1.29 is 8.78 Å². The average Bonchev–Trinajstić information content (AvgIpc) is 1.85. The first kappa shape index (κ1) is 11.3. The van der Waals surface area contributed by atoms with Crippen molar-refractivity contribution in [3.63, 3.8) is 0 Å². The Kier molecular flexibility index (Phi) is 4.78. The fourth-order valence-corrected chi connectivity index (χ4v) is 0.922. The standard InChI is InChI=1S/C8H9F2N.ClH/c9-7-3-6(1-2-11)4-8(10)5-7;/h3-5H,1-2,11H2;1H. The molecule has 0 heterocycles. The van der Waals surface area contributed by atoms with Crippen molar-refractivity contribution in [1.29, 1.82) is 0 Å². The first-order valence-electron chi connectivity index (χ1n) is 3.37. The van der Waals surface area contributed by atoms with Crippen LogP contribution in [-0.2, 0) is 6.42 Å². The number of rotatable bonds is 2. The third-order valence-electron chi connectivity index (χ3n) is 1.36. The molecule has 0 saturated heterocycles. The summed E-state index contributed by atoms with van der Waals surface area (Å²) in [4.78, 5) is 0. The molecule has 1 nitrogen and oxygen atoms in total. The minimum Gasteiger partial charge on any atom is -0.330 e. The van der Waals surface area contributed by atoms with E-state index in [1.807, 2.05) is 0 Å². The van der Waals surface area contributed by atoms with Gasteiger partial charge in [0.25, 0.3) is 0 Å². The maximum atomic E-state index is 12.5. The highest BCUT2D eigenvalue weighted by Gasteiger charge is 1.98. The van der Waals surface area contributed by atoms with Gasteiger partial charge in [-0.3, -0.25) is 0 Å². The summed E-state index contributed by atoms with van der Waals surface area (Å²) in [6, 6.07) is 3.42. The Labute approximate surface area is 76.0 Å². The molecule has 0 radical (unpaired) electrons. The molecule has 0 aliphatic heterocycles. The number of halogens is 3. The van der Waals surface area contributed by atoms with Crippen LogP contribution in [0.1, 0.15) is 5.56 Å². The van der Waals surface area contributed by atoms with Crippen LogP contribution in [0.5, 0.6) is 0 Å². The summed E-state index contributed by atoms with van der Waals surface area (Å²) in [6.45, 7) is 0.406. The van der Waals surface area contributed by atoms with Crippen molar-refractivity contribution >= 4 is 12.4 Å². The van der Waals surface area contributed by atoms with Crippen LogP contribution in [0.3, 0.4) is 0 Å². The molecule has 0 atom stereocenters. The molecule has 0 bridgehead atoms. The van der Waals surface area contributed by atoms with Crippen LogP contribution >= 0.6 is 12.4 Å². The second kappa shape index (κ2) is 5.06. The predicted molar refractivity (Wildman–Crippen MR) is 46.4 cm³/mol. The quantitative estimate of drug-likeness (QED) is 0.763. The minimum absolute atomic E-state index is 0. The van der Waals surface area contributed by atoms with E-state index in [1.165, 1.54) is 12.1 Å². The molecular weight excluding hydrogens is 184 g/mol. The molecule has 0 aliphatic rings. The Bertz CT molecular complexity index is 233. The Hall–Kier alpha value is -0.670. The van der Waals surface area contributed by atoms with E-state index >= 15 is 0 Å². The molecule has 0 aromatic heterocycles. The van der Waals surface area contributed by atoms with Crippen LogP contribution in [0.4, 0.5) is 8.78 Å². The largest absolute Gasteiger partial charge is 0.330 e. The van der Waals surface area contributed by atoms with Crippen LogP contribution in [0, 0.1) is 11.6 Å². The van der Waals surface area contributed by atoms with Gasteiger partial charge in [0.05, 0.1) is 0 Å². The summed E-state index contributed by atoms with van der Waals surface area (Å²) in [5, 5.41) is 0. The highest BCUT2D eigenvalue weighted by molar-refractivity contribution is 5.85. The summed E-state index contributed by atoms with van der Waals surface area (Å²) >= 11 is 0. The summed E-state index contributed by atoms with van der Waals surface area (Å²) < 4.78 is 24.9. The van der Waals surface area contributed by atoms with Crippen LogP contribution in [0.25, 0.3) is 0 Å². The highest BCUT2D eigenvalue weighted by atomic mass is 35.5. The van der Waals surface area contributed by atoms with E-state index in [0.29, 0.717) is 18.5 Å². The van der Waals surface area contributed by atoms with E-state index in [-0.39, 0.29) is 12.4 Å². The second-order valence-electron chi connectivity index (χ2n) is 2.32. The lowest BCUT2D eigenvalue weighted by atomic mass is 10.1. The molecule has 12 heavy (non-hydrogen) atoms. The van der Waals surface area contributed by atoms with Gasteiger partial charge in [0.15, 0.2) is 0 Å². The molecule has 0 saturated carbocycles. The predicted octanol–water partition coefficient (Wildman–Crippen LogP) is 1.89. The van der Waals surface area contributed by atoms with Gasteiger partial charge in [0.1, 0.15) is 11.6 Å². The van der Waals surface area contributed by atoms with Crippen LogP contribution in [-0.4, -0.2) is 6.54 Å². The Morgan fingerprint density at radius 1 is 1.08 bits per heavy atom. The Morgan fingerprint density at radius 2 is 1.58 bits per heavy atom. The van der Waals surface area contributed by atoms with Gasteiger partial charge in [-0.15, -0.1) is 12.4 Å². The zero-order chi connectivity index (χ0) is 8.27. The summed E-state index contributed by atoms with van der Waals surface area (Å²) in [5.41, 5.74) is 5.82. The molecule has 1 aromatic rings. The van der Waals surface area contributed by atoms with Crippen LogP contribution in [0.15, 0.2) is 18.2 Å². The first-order chi connectivity index (χ1) is 5.22. The molecule has 0 aliphatic carbocycles. The van der Waals surface area contributed by atoms with Crippen molar-refractivity contribution in [2.24, 2.45) is 5.73 Å². The number of nitrogens with two attached hydrogens (primary N) is 1. The molecule has 4 heteroatoms. The fraction of sp³-hybridized carbons (Fsp3) is 0.250. The second-order valence-corrected chi connectivity index (χ2v) is 2.32. The van der Waals surface area contributed by atoms with Gasteiger partial charge in [-0.2, -0.15) is 0 Å². The topological polar surface area (TPSA) is 26.0 Å². The van der Waals surface area contributed by atoms with Crippen molar-refractivity contribution in [2.75, 3.05) is 6.54 Å². The molecule has 68 valence electrons. The molecule has 0 unspecified atom stereocenters. The summed E-state index contributed by atoms with van der Waals surface area (Å²) in [5.74, 6) is -1.10. The Balaban J connectivity index is 0.00000121. The summed E-state index contributed by atoms with van der Waals surface area (Å²) in [7, 11) is 0. The van der Waals surface area contributed by atoms with Gasteiger partial charge in [-0.05, 0) is 30.7 Å². The maximum Gasteiger partial charge on any atom is 0.126 e. The van der Waals surface area contributed by atoms with Crippen molar-refractivity contribution in [2.45, 2.75) is 6.42 Å². The van der Waals surface area contributed by atoms with Crippen LogP contribution in [0.2, 0.25) is 0 Å². The number of hydrogen-bond acceptors (Lipinski definition) is 1. The monoisotopic (exact) mass is 193 g/mol. The molecule has 0 fully saturated rings. The van der Waals surface area contributed by atoms with Crippen molar-refractivity contribution in [3.8, 4) is 0 Å². The lowest BCUT2D eigenvalue weighted by molar-refractivity contribution is 0.579. The first-order valence-corrected chi connectivity index (χ1v) is 3.37. The normalized spacial score (nSPS) is 9.25. The third kappa shape index (κ3) is 3.15. The molecule has 1 aromatic carbocycles. The van der Waals surface area contributed by atoms with Gasteiger partial charge in [-0.1, -0.05) is 0 Å². The fourth-order valence-electron chi connectivity index (χ4n) is 0.922. The smallest absolute Gasteiger partial charge is 0.126 e.